The molecule has 1 aliphatic rings. The van der Waals surface area contributed by atoms with Gasteiger partial charge < -0.3 is 24.2 Å². The normalized spacial score (nSPS) is 15.1. The molecule has 1 fully saturated rings. The van der Waals surface area contributed by atoms with Crippen LogP contribution in [0.4, 0.5) is 0 Å². The van der Waals surface area contributed by atoms with Crippen molar-refractivity contribution in [1.29, 1.82) is 0 Å². The van der Waals surface area contributed by atoms with Gasteiger partial charge in [0.05, 0.1) is 19.8 Å². The lowest BCUT2D eigenvalue weighted by atomic mass is 10.1. The van der Waals surface area contributed by atoms with Crippen molar-refractivity contribution in [3.05, 3.63) is 83.2 Å². The molecule has 2 aromatic carbocycles. The standard InChI is InChI=1S/C26H29N3O5/c1-32-21-11-9-19(10-12-21)13-14-27-25(30)24-16-23(34-28-24)18-29(17-22-8-5-15-33-22)26(31)20-6-3-2-4-7-20/h2-4,6-7,9-12,16,22H,5,8,13-15,17-18H2,1H3,(H,27,30). The van der Waals surface area contributed by atoms with Crippen LogP contribution in [0.15, 0.2) is 65.2 Å². The Balaban J connectivity index is 1.35. The number of ether oxygens (including phenoxy) is 2. The molecule has 0 radical (unpaired) electrons. The summed E-state index contributed by atoms with van der Waals surface area (Å²) in [5.41, 5.74) is 1.87. The van der Waals surface area contributed by atoms with E-state index in [4.69, 9.17) is 14.0 Å². The summed E-state index contributed by atoms with van der Waals surface area (Å²) in [6, 6.07) is 18.4. The van der Waals surface area contributed by atoms with Gasteiger partial charge in [-0.05, 0) is 49.1 Å². The third-order valence-corrected chi connectivity index (χ3v) is 5.75. The third-order valence-electron chi connectivity index (χ3n) is 5.75. The van der Waals surface area contributed by atoms with E-state index in [1.54, 1.807) is 30.2 Å². The summed E-state index contributed by atoms with van der Waals surface area (Å²) in [4.78, 5) is 27.3. The first-order valence-corrected chi connectivity index (χ1v) is 11.4. The van der Waals surface area contributed by atoms with Crippen molar-refractivity contribution in [3.8, 4) is 5.75 Å². The minimum atomic E-state index is -0.316. The maximum atomic E-state index is 13.1. The number of nitrogens with zero attached hydrogens (tertiary/aromatic N) is 2. The van der Waals surface area contributed by atoms with Gasteiger partial charge in [0, 0.05) is 31.3 Å². The van der Waals surface area contributed by atoms with Gasteiger partial charge in [0.25, 0.3) is 11.8 Å². The molecule has 34 heavy (non-hydrogen) atoms. The molecular weight excluding hydrogens is 434 g/mol. The van der Waals surface area contributed by atoms with Crippen molar-refractivity contribution in [2.75, 3.05) is 26.8 Å². The van der Waals surface area contributed by atoms with Crippen molar-refractivity contribution in [3.63, 3.8) is 0 Å². The van der Waals surface area contributed by atoms with Gasteiger partial charge in [-0.2, -0.15) is 0 Å². The van der Waals surface area contributed by atoms with Crippen molar-refractivity contribution >= 4 is 11.8 Å². The Morgan fingerprint density at radius 1 is 1.15 bits per heavy atom. The Hall–Kier alpha value is -3.65. The molecule has 8 nitrogen and oxygen atoms in total. The molecule has 4 rings (SSSR count). The highest BCUT2D eigenvalue weighted by Crippen LogP contribution is 2.18. The van der Waals surface area contributed by atoms with E-state index in [2.05, 4.69) is 10.5 Å². The van der Waals surface area contributed by atoms with E-state index in [9.17, 15) is 9.59 Å². The highest BCUT2D eigenvalue weighted by atomic mass is 16.5. The zero-order chi connectivity index (χ0) is 23.8. The molecule has 8 heteroatoms. The van der Waals surface area contributed by atoms with Gasteiger partial charge in [0.15, 0.2) is 11.5 Å². The maximum absolute atomic E-state index is 13.1. The largest absolute Gasteiger partial charge is 0.497 e. The van der Waals surface area contributed by atoms with Crippen molar-refractivity contribution < 1.29 is 23.6 Å². The fourth-order valence-electron chi connectivity index (χ4n) is 3.90. The molecule has 1 aromatic heterocycles. The summed E-state index contributed by atoms with van der Waals surface area (Å²) in [7, 11) is 1.63. The highest BCUT2D eigenvalue weighted by molar-refractivity contribution is 5.94. The Morgan fingerprint density at radius 3 is 2.65 bits per heavy atom. The second-order valence-electron chi connectivity index (χ2n) is 8.22. The van der Waals surface area contributed by atoms with Gasteiger partial charge in [0.1, 0.15) is 5.75 Å². The number of hydrogen-bond acceptors (Lipinski definition) is 6. The van der Waals surface area contributed by atoms with Crippen molar-refractivity contribution in [2.45, 2.75) is 31.9 Å². The summed E-state index contributed by atoms with van der Waals surface area (Å²) >= 11 is 0. The average Bonchev–Trinajstić information content (AvgIpc) is 3.56. The van der Waals surface area contributed by atoms with E-state index >= 15 is 0 Å². The number of carbonyl (C=O) groups is 2. The van der Waals surface area contributed by atoms with Gasteiger partial charge in [-0.25, -0.2) is 0 Å². The molecule has 1 unspecified atom stereocenters. The zero-order valence-electron chi connectivity index (χ0n) is 19.2. The summed E-state index contributed by atoms with van der Waals surface area (Å²) in [6.07, 6.45) is 2.58. The molecule has 178 valence electrons. The Kier molecular flexibility index (Phi) is 7.93. The van der Waals surface area contributed by atoms with Crippen LogP contribution in [0.25, 0.3) is 0 Å². The fraction of sp³-hybridized carbons (Fsp3) is 0.346. The molecule has 0 saturated carbocycles. The predicted octanol–water partition coefficient (Wildman–Crippen LogP) is 3.48. The number of carbonyl (C=O) groups excluding carboxylic acids is 2. The molecule has 0 bridgehead atoms. The Labute approximate surface area is 198 Å². The highest BCUT2D eigenvalue weighted by Gasteiger charge is 2.25. The summed E-state index contributed by atoms with van der Waals surface area (Å²) in [6.45, 7) is 1.84. The van der Waals surface area contributed by atoms with E-state index in [1.165, 1.54) is 0 Å². The topological polar surface area (TPSA) is 93.9 Å². The number of rotatable bonds is 10. The number of amides is 2. The molecule has 1 atom stereocenters. The lowest BCUT2D eigenvalue weighted by Gasteiger charge is -2.24. The molecule has 2 amide bonds. The molecule has 1 N–H and O–H groups in total. The molecule has 0 aliphatic carbocycles. The van der Waals surface area contributed by atoms with Gasteiger partial charge in [-0.3, -0.25) is 9.59 Å². The zero-order valence-corrected chi connectivity index (χ0v) is 19.2. The van der Waals surface area contributed by atoms with Crippen LogP contribution in [-0.4, -0.2) is 54.8 Å². The minimum Gasteiger partial charge on any atom is -0.497 e. The molecule has 2 heterocycles. The minimum absolute atomic E-state index is 0.00342. The van der Waals surface area contributed by atoms with E-state index in [1.807, 2.05) is 42.5 Å². The van der Waals surface area contributed by atoms with Gasteiger partial charge in [-0.1, -0.05) is 35.5 Å². The molecule has 1 aliphatic heterocycles. The van der Waals surface area contributed by atoms with Gasteiger partial charge >= 0.3 is 0 Å². The number of methoxy groups -OCH3 is 1. The summed E-state index contributed by atoms with van der Waals surface area (Å²) in [5.74, 6) is 0.811. The van der Waals surface area contributed by atoms with E-state index in [-0.39, 0.29) is 30.2 Å². The summed E-state index contributed by atoms with van der Waals surface area (Å²) in [5, 5.41) is 6.77. The SMILES string of the molecule is COc1ccc(CCNC(=O)c2cc(CN(CC3CCCO3)C(=O)c3ccccc3)on2)cc1. The van der Waals surface area contributed by atoms with Crippen LogP contribution < -0.4 is 10.1 Å². The quantitative estimate of drug-likeness (QED) is 0.495. The van der Waals surface area contributed by atoms with Crippen molar-refractivity contribution in [2.24, 2.45) is 0 Å². The van der Waals surface area contributed by atoms with E-state index < -0.39 is 0 Å². The Morgan fingerprint density at radius 2 is 1.94 bits per heavy atom. The number of aromatic nitrogens is 1. The molecule has 0 spiro atoms. The maximum Gasteiger partial charge on any atom is 0.273 e. The third kappa shape index (κ3) is 6.23. The molecular formula is C26H29N3O5. The monoisotopic (exact) mass is 463 g/mol. The first kappa shape index (κ1) is 23.5. The lowest BCUT2D eigenvalue weighted by Crippen LogP contribution is -2.36. The van der Waals surface area contributed by atoms with Crippen LogP contribution in [0.3, 0.4) is 0 Å². The van der Waals surface area contributed by atoms with Gasteiger partial charge in [-0.15, -0.1) is 0 Å². The fourth-order valence-corrected chi connectivity index (χ4v) is 3.90. The number of benzene rings is 2. The predicted molar refractivity (Wildman–Crippen MR) is 126 cm³/mol. The lowest BCUT2D eigenvalue weighted by molar-refractivity contribution is 0.0486. The average molecular weight is 464 g/mol. The second-order valence-corrected chi connectivity index (χ2v) is 8.22. The van der Waals surface area contributed by atoms with Crippen molar-refractivity contribution in [1.82, 2.24) is 15.4 Å². The van der Waals surface area contributed by atoms with Crippen LogP contribution in [0.2, 0.25) is 0 Å². The van der Waals surface area contributed by atoms with Crippen LogP contribution >= 0.6 is 0 Å². The number of hydrogen-bond donors (Lipinski definition) is 1. The van der Waals surface area contributed by atoms with Crippen LogP contribution in [0, 0.1) is 0 Å². The first-order chi connectivity index (χ1) is 16.6. The van der Waals surface area contributed by atoms with E-state index in [0.717, 1.165) is 24.2 Å². The van der Waals surface area contributed by atoms with E-state index in [0.29, 0.717) is 37.4 Å². The molecule has 3 aromatic rings. The smallest absolute Gasteiger partial charge is 0.273 e. The number of nitrogens with one attached hydrogen (secondary N) is 1. The Bertz CT molecular complexity index is 1080. The van der Waals surface area contributed by atoms with Gasteiger partial charge in [0.2, 0.25) is 0 Å². The van der Waals surface area contributed by atoms with Crippen LogP contribution in [-0.2, 0) is 17.7 Å². The summed E-state index contributed by atoms with van der Waals surface area (Å²) < 4.78 is 16.3. The van der Waals surface area contributed by atoms with Crippen LogP contribution in [0.5, 0.6) is 5.75 Å². The first-order valence-electron chi connectivity index (χ1n) is 11.4. The van der Waals surface area contributed by atoms with Crippen LogP contribution in [0.1, 0.15) is 45.0 Å². The second kappa shape index (κ2) is 11.5. The molecule has 1 saturated heterocycles.